The number of halogens is 4. The Balaban J connectivity index is 1.92. The lowest BCUT2D eigenvalue weighted by Crippen LogP contribution is -2.32. The van der Waals surface area contributed by atoms with Crippen LogP contribution in [0.3, 0.4) is 0 Å². The fraction of sp³-hybridized carbons (Fsp3) is 0.133. The molecular weight excluding hydrogens is 333 g/mol. The Labute approximate surface area is 134 Å². The summed E-state index contributed by atoms with van der Waals surface area (Å²) in [5.41, 5.74) is 0.0103. The first-order valence-electron chi connectivity index (χ1n) is 6.49. The molecule has 1 atom stereocenters. The molecule has 2 aromatic rings. The first kappa shape index (κ1) is 17.1. The van der Waals surface area contributed by atoms with E-state index >= 15 is 0 Å². The number of amides is 2. The topological polar surface area (TPSA) is 61.4 Å². The van der Waals surface area contributed by atoms with E-state index in [9.17, 15) is 23.1 Å². The monoisotopic (exact) mass is 344 g/mol. The third kappa shape index (κ3) is 4.61. The zero-order valence-corrected chi connectivity index (χ0v) is 12.4. The van der Waals surface area contributed by atoms with Gasteiger partial charge in [-0.25, -0.2) is 18.0 Å². The summed E-state index contributed by atoms with van der Waals surface area (Å²) in [4.78, 5) is 11.6. The number of aliphatic hydroxyl groups excluding tert-OH is 1. The number of urea groups is 1. The Bertz CT molecular complexity index is 711. The highest BCUT2D eigenvalue weighted by molar-refractivity contribution is 6.30. The molecule has 4 nitrogen and oxygen atoms in total. The minimum Gasteiger partial charge on any atom is -0.387 e. The molecule has 0 spiro atoms. The second-order valence-electron chi connectivity index (χ2n) is 4.65. The summed E-state index contributed by atoms with van der Waals surface area (Å²) in [7, 11) is 0. The highest BCUT2D eigenvalue weighted by Crippen LogP contribution is 2.19. The average molecular weight is 345 g/mol. The highest BCUT2D eigenvalue weighted by Gasteiger charge is 2.13. The molecule has 0 aliphatic rings. The van der Waals surface area contributed by atoms with Crippen molar-refractivity contribution in [1.82, 2.24) is 5.32 Å². The lowest BCUT2D eigenvalue weighted by Gasteiger charge is -2.13. The lowest BCUT2D eigenvalue weighted by atomic mass is 10.1. The number of carbonyl (C=O) groups is 1. The lowest BCUT2D eigenvalue weighted by molar-refractivity contribution is 0.175. The molecule has 122 valence electrons. The Morgan fingerprint density at radius 1 is 1.09 bits per heavy atom. The van der Waals surface area contributed by atoms with E-state index in [1.54, 1.807) is 24.3 Å². The van der Waals surface area contributed by atoms with Gasteiger partial charge in [-0.2, -0.15) is 0 Å². The zero-order chi connectivity index (χ0) is 17.0. The summed E-state index contributed by atoms with van der Waals surface area (Å²) in [6, 6.07) is 6.31. The number of hydrogen-bond acceptors (Lipinski definition) is 2. The van der Waals surface area contributed by atoms with Crippen LogP contribution in [0.25, 0.3) is 0 Å². The van der Waals surface area contributed by atoms with Crippen LogP contribution in [-0.2, 0) is 0 Å². The molecule has 0 aromatic heterocycles. The van der Waals surface area contributed by atoms with Gasteiger partial charge in [0.1, 0.15) is 5.82 Å². The maximum atomic E-state index is 13.4. The van der Waals surface area contributed by atoms with E-state index in [1.165, 1.54) is 0 Å². The Morgan fingerprint density at radius 2 is 1.70 bits per heavy atom. The first-order chi connectivity index (χ1) is 10.9. The van der Waals surface area contributed by atoms with Crippen LogP contribution >= 0.6 is 11.6 Å². The van der Waals surface area contributed by atoms with Crippen LogP contribution in [-0.4, -0.2) is 17.7 Å². The smallest absolute Gasteiger partial charge is 0.319 e. The predicted octanol–water partition coefficient (Wildman–Crippen LogP) is 3.61. The second kappa shape index (κ2) is 7.34. The minimum absolute atomic E-state index is 0.168. The molecule has 8 heteroatoms. The molecule has 0 saturated heterocycles. The van der Waals surface area contributed by atoms with Gasteiger partial charge in [-0.1, -0.05) is 23.7 Å². The number of benzene rings is 2. The Morgan fingerprint density at radius 3 is 2.35 bits per heavy atom. The molecule has 0 fully saturated rings. The maximum absolute atomic E-state index is 13.4. The third-order valence-electron chi connectivity index (χ3n) is 2.97. The van der Waals surface area contributed by atoms with Gasteiger partial charge in [0.15, 0.2) is 11.6 Å². The van der Waals surface area contributed by atoms with E-state index in [2.05, 4.69) is 5.32 Å². The van der Waals surface area contributed by atoms with Crippen molar-refractivity contribution in [3.63, 3.8) is 0 Å². The van der Waals surface area contributed by atoms with Crippen molar-refractivity contribution >= 4 is 23.3 Å². The molecule has 1 unspecified atom stereocenters. The molecule has 0 heterocycles. The Hall–Kier alpha value is -2.25. The van der Waals surface area contributed by atoms with Crippen LogP contribution in [0.1, 0.15) is 11.7 Å². The Kier molecular flexibility index (Phi) is 5.46. The van der Waals surface area contributed by atoms with Crippen LogP contribution in [0.2, 0.25) is 5.02 Å². The van der Waals surface area contributed by atoms with Crippen LogP contribution in [0.5, 0.6) is 0 Å². The van der Waals surface area contributed by atoms with Crippen LogP contribution in [0.15, 0.2) is 36.4 Å². The molecule has 2 aromatic carbocycles. The molecule has 3 N–H and O–H groups in total. The van der Waals surface area contributed by atoms with Crippen LogP contribution < -0.4 is 10.6 Å². The SMILES string of the molecule is O=C(NCC(O)c1ccc(Cl)cc1)Nc1cc(F)c(F)cc1F. The summed E-state index contributed by atoms with van der Waals surface area (Å²) in [5, 5.41) is 14.7. The quantitative estimate of drug-likeness (QED) is 0.742. The molecule has 0 bridgehead atoms. The summed E-state index contributed by atoms with van der Waals surface area (Å²) >= 11 is 5.72. The van der Waals surface area contributed by atoms with Gasteiger partial charge in [-0.15, -0.1) is 0 Å². The standard InChI is InChI=1S/C15H12ClF3N2O2/c16-9-3-1-8(2-4-9)14(22)7-20-15(23)21-13-6-11(18)10(17)5-12(13)19/h1-6,14,22H,7H2,(H2,20,21,23). The van der Waals surface area contributed by atoms with Crippen molar-refractivity contribution in [3.8, 4) is 0 Å². The number of rotatable bonds is 4. The van der Waals surface area contributed by atoms with E-state index in [0.717, 1.165) is 0 Å². The largest absolute Gasteiger partial charge is 0.387 e. The number of nitrogens with one attached hydrogen (secondary N) is 2. The number of hydrogen-bond donors (Lipinski definition) is 3. The second-order valence-corrected chi connectivity index (χ2v) is 5.08. The molecule has 0 aliphatic heterocycles. The van der Waals surface area contributed by atoms with Gasteiger partial charge in [-0.05, 0) is 17.7 Å². The highest BCUT2D eigenvalue weighted by atomic mass is 35.5. The fourth-order valence-electron chi connectivity index (χ4n) is 1.78. The number of anilines is 1. The predicted molar refractivity (Wildman–Crippen MR) is 79.7 cm³/mol. The van der Waals surface area contributed by atoms with Gasteiger partial charge < -0.3 is 15.7 Å². The third-order valence-corrected chi connectivity index (χ3v) is 3.22. The van der Waals surface area contributed by atoms with Crippen molar-refractivity contribution in [2.45, 2.75) is 6.10 Å². The van der Waals surface area contributed by atoms with Gasteiger partial charge in [-0.3, -0.25) is 0 Å². The van der Waals surface area contributed by atoms with Crippen molar-refractivity contribution in [1.29, 1.82) is 0 Å². The average Bonchev–Trinajstić information content (AvgIpc) is 2.51. The molecule has 23 heavy (non-hydrogen) atoms. The van der Waals surface area contributed by atoms with E-state index in [4.69, 9.17) is 11.6 Å². The zero-order valence-electron chi connectivity index (χ0n) is 11.6. The molecule has 0 radical (unpaired) electrons. The van der Waals surface area contributed by atoms with Gasteiger partial charge >= 0.3 is 6.03 Å². The summed E-state index contributed by atoms with van der Waals surface area (Å²) in [5.74, 6) is -3.76. The van der Waals surface area contributed by atoms with Crippen molar-refractivity contribution in [3.05, 3.63) is 64.4 Å². The first-order valence-corrected chi connectivity index (χ1v) is 6.87. The number of carbonyl (C=O) groups excluding carboxylic acids is 1. The van der Waals surface area contributed by atoms with Gasteiger partial charge in [0.05, 0.1) is 11.8 Å². The van der Waals surface area contributed by atoms with Crippen LogP contribution in [0, 0.1) is 17.5 Å². The molecular formula is C15H12ClF3N2O2. The van der Waals surface area contributed by atoms with Gasteiger partial charge in [0.2, 0.25) is 0 Å². The molecule has 2 amide bonds. The van der Waals surface area contributed by atoms with E-state index < -0.39 is 35.3 Å². The normalized spacial score (nSPS) is 11.9. The minimum atomic E-state index is -1.35. The van der Waals surface area contributed by atoms with Gasteiger partial charge in [0.25, 0.3) is 0 Å². The summed E-state index contributed by atoms with van der Waals surface area (Å²) < 4.78 is 39.2. The maximum Gasteiger partial charge on any atom is 0.319 e. The van der Waals surface area contributed by atoms with Crippen molar-refractivity contribution in [2.75, 3.05) is 11.9 Å². The summed E-state index contributed by atoms with van der Waals surface area (Å²) in [6.45, 7) is -0.168. The van der Waals surface area contributed by atoms with Crippen LogP contribution in [0.4, 0.5) is 23.7 Å². The molecule has 0 saturated carbocycles. The van der Waals surface area contributed by atoms with Crippen molar-refractivity contribution < 1.29 is 23.1 Å². The van der Waals surface area contributed by atoms with Gasteiger partial charge in [0, 0.05) is 23.7 Å². The van der Waals surface area contributed by atoms with E-state index in [1.807, 2.05) is 5.32 Å². The molecule has 0 aliphatic carbocycles. The molecule has 2 rings (SSSR count). The van der Waals surface area contributed by atoms with E-state index in [-0.39, 0.29) is 6.54 Å². The fourth-order valence-corrected chi connectivity index (χ4v) is 1.90. The van der Waals surface area contributed by atoms with Crippen molar-refractivity contribution in [2.24, 2.45) is 0 Å². The summed E-state index contributed by atoms with van der Waals surface area (Å²) in [6.07, 6.45) is -1.01. The van der Waals surface area contributed by atoms with E-state index in [0.29, 0.717) is 22.7 Å². The number of aliphatic hydroxyl groups is 1.